The van der Waals surface area contributed by atoms with Crippen molar-refractivity contribution >= 4 is 17.4 Å². The molecule has 1 heterocycles. The van der Waals surface area contributed by atoms with Crippen LogP contribution in [0.2, 0.25) is 0 Å². The zero-order chi connectivity index (χ0) is 22.5. The van der Waals surface area contributed by atoms with Gasteiger partial charge in [-0.1, -0.05) is 43.7 Å². The highest BCUT2D eigenvalue weighted by Crippen LogP contribution is 2.39. The Morgan fingerprint density at radius 1 is 1.03 bits per heavy atom. The first-order valence-corrected chi connectivity index (χ1v) is 10.6. The van der Waals surface area contributed by atoms with E-state index in [0.717, 1.165) is 24.2 Å². The Hall–Kier alpha value is -3.12. The van der Waals surface area contributed by atoms with Crippen LogP contribution in [0.25, 0.3) is 5.76 Å². The number of likely N-dealkylation sites (N-methyl/N-ethyl adjacent to an activating group) is 1. The molecule has 6 nitrogen and oxygen atoms in total. The van der Waals surface area contributed by atoms with Crippen molar-refractivity contribution in [2.24, 2.45) is 0 Å². The lowest BCUT2D eigenvalue weighted by Gasteiger charge is -2.28. The lowest BCUT2D eigenvalue weighted by Crippen LogP contribution is -2.38. The third-order valence-corrected chi connectivity index (χ3v) is 5.85. The minimum Gasteiger partial charge on any atom is -0.507 e. The molecule has 3 rings (SSSR count). The van der Waals surface area contributed by atoms with Crippen molar-refractivity contribution in [1.29, 1.82) is 0 Å². The summed E-state index contributed by atoms with van der Waals surface area (Å²) in [5.74, 6) is -0.755. The number of ketones is 1. The molecule has 1 aliphatic heterocycles. The minimum atomic E-state index is -0.654. The van der Waals surface area contributed by atoms with Crippen molar-refractivity contribution in [3.05, 3.63) is 70.8 Å². The van der Waals surface area contributed by atoms with E-state index in [-0.39, 0.29) is 11.3 Å². The Morgan fingerprint density at radius 3 is 2.19 bits per heavy atom. The van der Waals surface area contributed by atoms with E-state index in [2.05, 4.69) is 18.7 Å². The molecule has 0 saturated carbocycles. The molecule has 2 aromatic carbocycles. The second-order valence-electron chi connectivity index (χ2n) is 7.66. The summed E-state index contributed by atoms with van der Waals surface area (Å²) in [6, 6.07) is 13.9. The van der Waals surface area contributed by atoms with Gasteiger partial charge in [-0.15, -0.1) is 0 Å². The molecule has 1 N–H and O–H groups in total. The highest BCUT2D eigenvalue weighted by Gasteiger charge is 2.45. The van der Waals surface area contributed by atoms with Crippen molar-refractivity contribution in [3.8, 4) is 5.75 Å². The molecule has 1 fully saturated rings. The lowest BCUT2D eigenvalue weighted by molar-refractivity contribution is -0.140. The number of hydrogen-bond acceptors (Lipinski definition) is 5. The van der Waals surface area contributed by atoms with Gasteiger partial charge in [0.2, 0.25) is 0 Å². The number of benzene rings is 2. The van der Waals surface area contributed by atoms with Crippen LogP contribution in [0.1, 0.15) is 36.6 Å². The lowest BCUT2D eigenvalue weighted by atomic mass is 9.94. The van der Waals surface area contributed by atoms with Gasteiger partial charge >= 0.3 is 0 Å². The van der Waals surface area contributed by atoms with Gasteiger partial charge in [0.25, 0.3) is 11.7 Å². The summed E-state index contributed by atoms with van der Waals surface area (Å²) in [4.78, 5) is 29.8. The number of ether oxygens (including phenoxy) is 1. The van der Waals surface area contributed by atoms with Gasteiger partial charge in [-0.2, -0.15) is 0 Å². The van der Waals surface area contributed by atoms with E-state index >= 15 is 0 Å². The van der Waals surface area contributed by atoms with Gasteiger partial charge in [0, 0.05) is 18.7 Å². The fourth-order valence-electron chi connectivity index (χ4n) is 3.90. The van der Waals surface area contributed by atoms with Crippen LogP contribution in [0, 0.1) is 6.92 Å². The first-order valence-electron chi connectivity index (χ1n) is 10.6. The number of aliphatic hydroxyl groups is 1. The van der Waals surface area contributed by atoms with Crippen LogP contribution in [0.5, 0.6) is 5.75 Å². The Balaban J connectivity index is 2.07. The van der Waals surface area contributed by atoms with E-state index in [4.69, 9.17) is 4.74 Å². The van der Waals surface area contributed by atoms with Gasteiger partial charge in [0.1, 0.15) is 11.5 Å². The SMILES string of the molecule is CCN(CC)CCN1C(=O)C(=O)/C(=C(\O)c2ccc(OC)cc2)C1c1ccc(C)cc1. The molecule has 31 heavy (non-hydrogen) atoms. The average Bonchev–Trinajstić information content (AvgIpc) is 3.05. The largest absolute Gasteiger partial charge is 0.507 e. The minimum absolute atomic E-state index is 0.124. The molecule has 1 aliphatic rings. The van der Waals surface area contributed by atoms with E-state index in [0.29, 0.717) is 24.4 Å². The number of carbonyl (C=O) groups is 2. The molecular formula is C25H30N2O4. The number of rotatable bonds is 8. The van der Waals surface area contributed by atoms with E-state index < -0.39 is 17.7 Å². The number of carbonyl (C=O) groups excluding carboxylic acids is 2. The Bertz CT molecular complexity index is 960. The first-order chi connectivity index (χ1) is 14.9. The zero-order valence-corrected chi connectivity index (χ0v) is 18.6. The van der Waals surface area contributed by atoms with Crippen molar-refractivity contribution in [1.82, 2.24) is 9.80 Å². The fraction of sp³-hybridized carbons (Fsp3) is 0.360. The third kappa shape index (κ3) is 4.64. The molecule has 1 unspecified atom stereocenters. The second kappa shape index (κ2) is 9.79. The Kier molecular flexibility index (Phi) is 7.13. The molecular weight excluding hydrogens is 392 g/mol. The normalized spacial score (nSPS) is 18.1. The Morgan fingerprint density at radius 2 is 1.65 bits per heavy atom. The van der Waals surface area contributed by atoms with Crippen LogP contribution in [-0.2, 0) is 9.59 Å². The summed E-state index contributed by atoms with van der Waals surface area (Å²) in [5.41, 5.74) is 2.48. The van der Waals surface area contributed by atoms with Gasteiger partial charge in [-0.25, -0.2) is 0 Å². The third-order valence-electron chi connectivity index (χ3n) is 5.85. The smallest absolute Gasteiger partial charge is 0.295 e. The fourth-order valence-corrected chi connectivity index (χ4v) is 3.90. The monoisotopic (exact) mass is 422 g/mol. The number of Topliss-reactive ketones (excluding diaryl/α,β-unsaturated/α-hetero) is 1. The predicted octanol–water partition coefficient (Wildman–Crippen LogP) is 3.77. The molecule has 0 bridgehead atoms. The predicted molar refractivity (Wildman–Crippen MR) is 121 cm³/mol. The van der Waals surface area contributed by atoms with Crippen LogP contribution < -0.4 is 4.74 Å². The van der Waals surface area contributed by atoms with Crippen LogP contribution in [0.15, 0.2) is 54.1 Å². The molecule has 2 aromatic rings. The maximum atomic E-state index is 13.0. The molecule has 0 aliphatic carbocycles. The van der Waals surface area contributed by atoms with Crippen molar-refractivity contribution in [2.75, 3.05) is 33.3 Å². The summed E-state index contributed by atoms with van der Waals surface area (Å²) in [5, 5.41) is 11.1. The van der Waals surface area contributed by atoms with Crippen molar-refractivity contribution in [3.63, 3.8) is 0 Å². The van der Waals surface area contributed by atoms with Gasteiger partial charge < -0.3 is 19.6 Å². The van der Waals surface area contributed by atoms with Crippen molar-refractivity contribution < 1.29 is 19.4 Å². The highest BCUT2D eigenvalue weighted by atomic mass is 16.5. The van der Waals surface area contributed by atoms with Gasteiger partial charge in [-0.05, 0) is 49.8 Å². The molecule has 1 saturated heterocycles. The van der Waals surface area contributed by atoms with Gasteiger partial charge in [-0.3, -0.25) is 9.59 Å². The maximum absolute atomic E-state index is 13.0. The molecule has 1 amide bonds. The second-order valence-corrected chi connectivity index (χ2v) is 7.66. The quantitative estimate of drug-likeness (QED) is 0.398. The molecule has 0 radical (unpaired) electrons. The highest BCUT2D eigenvalue weighted by molar-refractivity contribution is 6.46. The number of aryl methyl sites for hydroxylation is 1. The summed E-state index contributed by atoms with van der Waals surface area (Å²) < 4.78 is 5.18. The van der Waals surface area contributed by atoms with Crippen LogP contribution >= 0.6 is 0 Å². The number of nitrogens with zero attached hydrogens (tertiary/aromatic N) is 2. The van der Waals surface area contributed by atoms with E-state index in [1.807, 2.05) is 31.2 Å². The molecule has 0 aromatic heterocycles. The number of methoxy groups -OCH3 is 1. The summed E-state index contributed by atoms with van der Waals surface area (Å²) in [6.07, 6.45) is 0. The van der Waals surface area contributed by atoms with E-state index in [1.54, 1.807) is 36.3 Å². The zero-order valence-electron chi connectivity index (χ0n) is 18.6. The summed E-state index contributed by atoms with van der Waals surface area (Å²) in [7, 11) is 1.56. The standard InChI is InChI=1S/C25H30N2O4/c1-5-26(6-2)15-16-27-22(18-9-7-17(3)8-10-18)21(24(29)25(27)30)23(28)19-11-13-20(31-4)14-12-19/h7-14,22,28H,5-6,15-16H2,1-4H3/b23-21-. The molecule has 6 heteroatoms. The number of amides is 1. The first kappa shape index (κ1) is 22.6. The molecule has 1 atom stereocenters. The number of aliphatic hydroxyl groups excluding tert-OH is 1. The summed E-state index contributed by atoms with van der Waals surface area (Å²) >= 11 is 0. The number of hydrogen-bond donors (Lipinski definition) is 1. The average molecular weight is 423 g/mol. The number of likely N-dealkylation sites (tertiary alicyclic amines) is 1. The van der Waals surface area contributed by atoms with Gasteiger partial charge in [0.15, 0.2) is 0 Å². The van der Waals surface area contributed by atoms with E-state index in [9.17, 15) is 14.7 Å². The van der Waals surface area contributed by atoms with Crippen molar-refractivity contribution in [2.45, 2.75) is 26.8 Å². The molecule has 0 spiro atoms. The van der Waals surface area contributed by atoms with Crippen LogP contribution in [-0.4, -0.2) is 59.9 Å². The van der Waals surface area contributed by atoms with Crippen LogP contribution in [0.3, 0.4) is 0 Å². The maximum Gasteiger partial charge on any atom is 0.295 e. The Labute approximate surface area is 183 Å². The molecule has 164 valence electrons. The van der Waals surface area contributed by atoms with E-state index in [1.165, 1.54) is 0 Å². The summed E-state index contributed by atoms with van der Waals surface area (Å²) in [6.45, 7) is 8.91. The van der Waals surface area contributed by atoms with Crippen LogP contribution in [0.4, 0.5) is 0 Å². The van der Waals surface area contributed by atoms with Gasteiger partial charge in [0.05, 0.1) is 18.7 Å². The topological polar surface area (TPSA) is 70.1 Å².